The van der Waals surface area contributed by atoms with Crippen molar-refractivity contribution < 1.29 is 19.1 Å². The fraction of sp³-hybridized carbons (Fsp3) is 0.107. The van der Waals surface area contributed by atoms with E-state index in [4.69, 9.17) is 4.74 Å². The Labute approximate surface area is 212 Å². The molecule has 0 aliphatic carbocycles. The largest absolute Gasteiger partial charge is 0.489 e. The molecule has 7 heteroatoms. The SMILES string of the molecule is C=CCc1cc(/C=C2\C(=O)NC(=O)N(c3ccc(Br)c(C)c3)C2=O)ccc1OCc1ccccc1. The monoisotopic (exact) mass is 530 g/mol. The van der Waals surface area contributed by atoms with Crippen LogP contribution in [0.3, 0.4) is 0 Å². The lowest BCUT2D eigenvalue weighted by molar-refractivity contribution is -0.122. The summed E-state index contributed by atoms with van der Waals surface area (Å²) in [7, 11) is 0. The molecule has 0 radical (unpaired) electrons. The number of hydrogen-bond acceptors (Lipinski definition) is 4. The van der Waals surface area contributed by atoms with Crippen LogP contribution in [-0.4, -0.2) is 17.8 Å². The lowest BCUT2D eigenvalue weighted by Gasteiger charge is -2.26. The molecule has 3 aromatic carbocycles. The van der Waals surface area contributed by atoms with E-state index in [1.54, 1.807) is 36.4 Å². The van der Waals surface area contributed by atoms with E-state index >= 15 is 0 Å². The Morgan fingerprint density at radius 1 is 1.03 bits per heavy atom. The molecule has 0 bridgehead atoms. The molecule has 4 rings (SSSR count). The number of amides is 4. The summed E-state index contributed by atoms with van der Waals surface area (Å²) in [4.78, 5) is 39.2. The molecule has 0 atom stereocenters. The third kappa shape index (κ3) is 5.41. The summed E-state index contributed by atoms with van der Waals surface area (Å²) in [6.07, 6.45) is 3.79. The number of carbonyl (C=O) groups is 3. The summed E-state index contributed by atoms with van der Waals surface area (Å²) < 4.78 is 6.85. The van der Waals surface area contributed by atoms with Gasteiger partial charge in [0.15, 0.2) is 0 Å². The molecule has 6 nitrogen and oxygen atoms in total. The maximum atomic E-state index is 13.2. The Morgan fingerprint density at radius 2 is 1.80 bits per heavy atom. The zero-order chi connectivity index (χ0) is 24.9. The number of halogens is 1. The van der Waals surface area contributed by atoms with Gasteiger partial charge in [0.05, 0.1) is 5.69 Å². The number of barbiturate groups is 1. The minimum absolute atomic E-state index is 0.132. The number of anilines is 1. The van der Waals surface area contributed by atoms with Crippen molar-refractivity contribution in [1.29, 1.82) is 0 Å². The number of benzene rings is 3. The first kappa shape index (κ1) is 24.2. The minimum atomic E-state index is -0.782. The summed E-state index contributed by atoms with van der Waals surface area (Å²) >= 11 is 3.41. The average Bonchev–Trinajstić information content (AvgIpc) is 2.84. The number of aryl methyl sites for hydroxylation is 1. The molecule has 0 aromatic heterocycles. The number of urea groups is 1. The molecular formula is C28H23BrN2O4. The summed E-state index contributed by atoms with van der Waals surface area (Å²) in [5, 5.41) is 2.26. The fourth-order valence-electron chi connectivity index (χ4n) is 3.71. The molecule has 4 amide bonds. The van der Waals surface area contributed by atoms with Crippen LogP contribution in [0.5, 0.6) is 5.75 Å². The third-order valence-corrected chi connectivity index (χ3v) is 6.39. The molecule has 1 fully saturated rings. The molecule has 1 N–H and O–H groups in total. The van der Waals surface area contributed by atoms with Gasteiger partial charge in [0.1, 0.15) is 17.9 Å². The van der Waals surface area contributed by atoms with E-state index in [0.29, 0.717) is 30.0 Å². The van der Waals surface area contributed by atoms with Gasteiger partial charge in [0, 0.05) is 4.47 Å². The first-order valence-corrected chi connectivity index (χ1v) is 11.7. The van der Waals surface area contributed by atoms with Crippen LogP contribution < -0.4 is 15.0 Å². The quantitative estimate of drug-likeness (QED) is 0.240. The van der Waals surface area contributed by atoms with Crippen molar-refractivity contribution in [3.05, 3.63) is 112 Å². The topological polar surface area (TPSA) is 75.7 Å². The van der Waals surface area contributed by atoms with Crippen LogP contribution >= 0.6 is 15.9 Å². The molecule has 35 heavy (non-hydrogen) atoms. The lowest BCUT2D eigenvalue weighted by Crippen LogP contribution is -2.54. The molecule has 0 saturated carbocycles. The number of imide groups is 2. The van der Waals surface area contributed by atoms with Gasteiger partial charge in [-0.1, -0.05) is 58.4 Å². The zero-order valence-corrected chi connectivity index (χ0v) is 20.7. The van der Waals surface area contributed by atoms with Crippen LogP contribution in [-0.2, 0) is 22.6 Å². The molecular weight excluding hydrogens is 508 g/mol. The van der Waals surface area contributed by atoms with Crippen LogP contribution in [0.25, 0.3) is 6.08 Å². The Morgan fingerprint density at radius 3 is 2.51 bits per heavy atom. The summed E-state index contributed by atoms with van der Waals surface area (Å²) in [6.45, 7) is 6.08. The van der Waals surface area contributed by atoms with Crippen LogP contribution in [0.1, 0.15) is 22.3 Å². The molecule has 1 heterocycles. The Kier molecular flexibility index (Phi) is 7.27. The first-order valence-electron chi connectivity index (χ1n) is 11.0. The molecule has 1 aliphatic rings. The maximum absolute atomic E-state index is 13.2. The van der Waals surface area contributed by atoms with Crippen LogP contribution in [0, 0.1) is 6.92 Å². The van der Waals surface area contributed by atoms with Crippen LogP contribution in [0.4, 0.5) is 10.5 Å². The van der Waals surface area contributed by atoms with E-state index in [2.05, 4.69) is 27.8 Å². The van der Waals surface area contributed by atoms with Gasteiger partial charge in [-0.15, -0.1) is 6.58 Å². The number of rotatable bonds is 7. The molecule has 1 saturated heterocycles. The number of ether oxygens (including phenoxy) is 1. The van der Waals surface area contributed by atoms with Crippen molar-refractivity contribution in [1.82, 2.24) is 5.32 Å². The molecule has 0 spiro atoms. The van der Waals surface area contributed by atoms with Gasteiger partial charge in [0.25, 0.3) is 11.8 Å². The van der Waals surface area contributed by atoms with Crippen molar-refractivity contribution >= 4 is 45.5 Å². The second kappa shape index (κ2) is 10.5. The van der Waals surface area contributed by atoms with Crippen LogP contribution in [0.15, 0.2) is 89.4 Å². The standard InChI is InChI=1S/C28H23BrN2O4/c1-3-7-21-15-20(10-13-25(21)35-17-19-8-5-4-6-9-19)16-23-26(32)30-28(34)31(27(23)33)22-11-12-24(29)18(2)14-22/h3-6,8-16H,1,7,17H2,2H3,(H,30,32,34)/b23-16+. The summed E-state index contributed by atoms with van der Waals surface area (Å²) in [5.74, 6) is -0.729. The van der Waals surface area contributed by atoms with Crippen molar-refractivity contribution in [3.63, 3.8) is 0 Å². The Balaban J connectivity index is 1.63. The summed E-state index contributed by atoms with van der Waals surface area (Å²) in [6, 6.07) is 19.6. The van der Waals surface area contributed by atoms with Gasteiger partial charge in [-0.2, -0.15) is 0 Å². The first-order chi connectivity index (χ1) is 16.9. The third-order valence-electron chi connectivity index (χ3n) is 5.50. The summed E-state index contributed by atoms with van der Waals surface area (Å²) in [5.41, 5.74) is 3.64. The van der Waals surface area contributed by atoms with Gasteiger partial charge in [-0.3, -0.25) is 14.9 Å². The molecule has 0 unspecified atom stereocenters. The maximum Gasteiger partial charge on any atom is 0.335 e. The van der Waals surface area contributed by atoms with Gasteiger partial charge in [0.2, 0.25) is 0 Å². The number of nitrogens with one attached hydrogen (secondary N) is 1. The van der Waals surface area contributed by atoms with Gasteiger partial charge >= 0.3 is 6.03 Å². The highest BCUT2D eigenvalue weighted by atomic mass is 79.9. The van der Waals surface area contributed by atoms with E-state index in [1.165, 1.54) is 6.08 Å². The van der Waals surface area contributed by atoms with Crippen molar-refractivity contribution in [3.8, 4) is 5.75 Å². The minimum Gasteiger partial charge on any atom is -0.489 e. The molecule has 3 aromatic rings. The van der Waals surface area contributed by atoms with Gasteiger partial charge in [-0.05, 0) is 72.0 Å². The second-order valence-electron chi connectivity index (χ2n) is 8.03. The number of hydrogen-bond donors (Lipinski definition) is 1. The van der Waals surface area contributed by atoms with Crippen LogP contribution in [0.2, 0.25) is 0 Å². The predicted octanol–water partition coefficient (Wildman–Crippen LogP) is 5.73. The number of allylic oxidation sites excluding steroid dienone is 1. The van der Waals surface area contributed by atoms with E-state index in [-0.39, 0.29) is 5.57 Å². The second-order valence-corrected chi connectivity index (χ2v) is 8.88. The highest BCUT2D eigenvalue weighted by Gasteiger charge is 2.36. The normalized spacial score (nSPS) is 14.7. The number of carbonyl (C=O) groups excluding carboxylic acids is 3. The fourth-order valence-corrected chi connectivity index (χ4v) is 3.95. The van der Waals surface area contributed by atoms with E-state index < -0.39 is 17.8 Å². The van der Waals surface area contributed by atoms with Crippen molar-refractivity contribution in [2.75, 3.05) is 4.90 Å². The lowest BCUT2D eigenvalue weighted by atomic mass is 10.0. The van der Waals surface area contributed by atoms with E-state index in [0.717, 1.165) is 26.1 Å². The molecule has 176 valence electrons. The van der Waals surface area contributed by atoms with Gasteiger partial charge < -0.3 is 4.74 Å². The van der Waals surface area contributed by atoms with Crippen molar-refractivity contribution in [2.24, 2.45) is 0 Å². The van der Waals surface area contributed by atoms with Gasteiger partial charge in [-0.25, -0.2) is 9.69 Å². The Hall–Kier alpha value is -3.97. The zero-order valence-electron chi connectivity index (χ0n) is 19.1. The van der Waals surface area contributed by atoms with Crippen molar-refractivity contribution in [2.45, 2.75) is 20.0 Å². The smallest absolute Gasteiger partial charge is 0.335 e. The Bertz CT molecular complexity index is 1350. The predicted molar refractivity (Wildman–Crippen MR) is 139 cm³/mol. The average molecular weight is 531 g/mol. The highest BCUT2D eigenvalue weighted by molar-refractivity contribution is 9.10. The highest BCUT2D eigenvalue weighted by Crippen LogP contribution is 2.28. The molecule has 1 aliphatic heterocycles. The number of nitrogens with zero attached hydrogens (tertiary/aromatic N) is 1. The van der Waals surface area contributed by atoms with E-state index in [1.807, 2.05) is 43.3 Å². The van der Waals surface area contributed by atoms with E-state index in [9.17, 15) is 14.4 Å².